The number of hydrogen-bond donors (Lipinski definition) is 0. The molecule has 0 rings (SSSR count). The van der Waals surface area contributed by atoms with E-state index in [1.165, 1.54) is 6.42 Å². The summed E-state index contributed by atoms with van der Waals surface area (Å²) in [5.41, 5.74) is 0.988. The van der Waals surface area contributed by atoms with Gasteiger partial charge in [0.25, 0.3) is 0 Å². The van der Waals surface area contributed by atoms with E-state index >= 15 is 0 Å². The second-order valence-electron chi connectivity index (χ2n) is 3.68. The lowest BCUT2D eigenvalue weighted by Gasteiger charge is -2.23. The van der Waals surface area contributed by atoms with Crippen LogP contribution in [0, 0.1) is 0 Å². The SMILES string of the molecule is CCC(C)[Si](C)(C)C. The Hall–Kier alpha value is 0.217. The molecule has 0 radical (unpaired) electrons. The summed E-state index contributed by atoms with van der Waals surface area (Å²) in [7, 11) is -0.761. The van der Waals surface area contributed by atoms with Crippen molar-refractivity contribution < 1.29 is 0 Å². The van der Waals surface area contributed by atoms with Gasteiger partial charge in [0.15, 0.2) is 0 Å². The maximum atomic E-state index is 2.43. The average molecular weight is 130 g/mol. The minimum absolute atomic E-state index is 0.761. The van der Waals surface area contributed by atoms with Crippen LogP contribution < -0.4 is 0 Å². The zero-order chi connectivity index (χ0) is 6.78. The van der Waals surface area contributed by atoms with E-state index in [4.69, 9.17) is 0 Å². The molecule has 1 heteroatoms. The second kappa shape index (κ2) is 2.67. The molecule has 0 saturated heterocycles. The van der Waals surface area contributed by atoms with Crippen LogP contribution in [0.2, 0.25) is 25.2 Å². The predicted molar refractivity (Wildman–Crippen MR) is 43.1 cm³/mol. The van der Waals surface area contributed by atoms with Gasteiger partial charge in [-0.15, -0.1) is 0 Å². The van der Waals surface area contributed by atoms with Gasteiger partial charge in [0, 0.05) is 8.07 Å². The molecule has 0 aliphatic heterocycles. The average Bonchev–Trinajstić information content (AvgIpc) is 1.62. The fraction of sp³-hybridized carbons (Fsp3) is 1.00. The molecule has 1 unspecified atom stereocenters. The molecule has 1 atom stereocenters. The molecule has 0 aliphatic rings. The molecule has 0 fully saturated rings. The van der Waals surface area contributed by atoms with Gasteiger partial charge in [-0.3, -0.25) is 0 Å². The summed E-state index contributed by atoms with van der Waals surface area (Å²) in [6.07, 6.45) is 1.36. The van der Waals surface area contributed by atoms with Gasteiger partial charge >= 0.3 is 0 Å². The molecule has 0 nitrogen and oxygen atoms in total. The second-order valence-corrected chi connectivity index (χ2v) is 9.39. The van der Waals surface area contributed by atoms with Crippen LogP contribution in [0.15, 0.2) is 0 Å². The van der Waals surface area contributed by atoms with E-state index in [0.29, 0.717) is 0 Å². The highest BCUT2D eigenvalue weighted by Gasteiger charge is 2.19. The Morgan fingerprint density at radius 1 is 1.25 bits per heavy atom. The standard InChI is InChI=1S/C7H18Si/c1-6-7(2)8(3,4)5/h7H,6H2,1-5H3. The molecule has 0 heterocycles. The van der Waals surface area contributed by atoms with Crippen molar-refractivity contribution in [3.05, 3.63) is 0 Å². The normalized spacial score (nSPS) is 16.1. The van der Waals surface area contributed by atoms with Crippen molar-refractivity contribution >= 4 is 8.07 Å². The topological polar surface area (TPSA) is 0 Å². The third-order valence-electron chi connectivity index (χ3n) is 2.09. The van der Waals surface area contributed by atoms with Crippen LogP contribution in [-0.2, 0) is 0 Å². The molecule has 0 amide bonds. The Kier molecular flexibility index (Phi) is 2.74. The lowest BCUT2D eigenvalue weighted by atomic mass is 10.4. The lowest BCUT2D eigenvalue weighted by molar-refractivity contribution is 0.843. The molecule has 0 bridgehead atoms. The first-order chi connectivity index (χ1) is 3.48. The Morgan fingerprint density at radius 3 is 1.62 bits per heavy atom. The van der Waals surface area contributed by atoms with Gasteiger partial charge in [-0.1, -0.05) is 39.9 Å². The number of rotatable bonds is 2. The van der Waals surface area contributed by atoms with Gasteiger partial charge in [-0.25, -0.2) is 0 Å². The monoisotopic (exact) mass is 130 g/mol. The van der Waals surface area contributed by atoms with E-state index < -0.39 is 8.07 Å². The summed E-state index contributed by atoms with van der Waals surface area (Å²) in [6.45, 7) is 11.9. The molecule has 0 saturated carbocycles. The minimum Gasteiger partial charge on any atom is -0.0694 e. The van der Waals surface area contributed by atoms with Crippen molar-refractivity contribution in [3.8, 4) is 0 Å². The first-order valence-corrected chi connectivity index (χ1v) is 7.06. The Balaban J connectivity index is 3.62. The largest absolute Gasteiger partial charge is 0.0694 e. The Labute approximate surface area is 54.3 Å². The van der Waals surface area contributed by atoms with Crippen LogP contribution in [0.25, 0.3) is 0 Å². The maximum Gasteiger partial charge on any atom is 0.0470 e. The highest BCUT2D eigenvalue weighted by atomic mass is 28.3. The molecule has 0 aliphatic carbocycles. The summed E-state index contributed by atoms with van der Waals surface area (Å²) >= 11 is 0. The van der Waals surface area contributed by atoms with Crippen molar-refractivity contribution in [1.29, 1.82) is 0 Å². The third-order valence-corrected chi connectivity index (χ3v) is 5.46. The molecule has 0 aromatic rings. The van der Waals surface area contributed by atoms with Gasteiger partial charge in [0.05, 0.1) is 0 Å². The van der Waals surface area contributed by atoms with Gasteiger partial charge < -0.3 is 0 Å². The maximum absolute atomic E-state index is 2.43. The minimum atomic E-state index is -0.761. The van der Waals surface area contributed by atoms with Gasteiger partial charge in [-0.2, -0.15) is 0 Å². The van der Waals surface area contributed by atoms with Crippen molar-refractivity contribution in [2.24, 2.45) is 0 Å². The summed E-state index contributed by atoms with van der Waals surface area (Å²) in [5, 5.41) is 0. The van der Waals surface area contributed by atoms with Crippen LogP contribution in [0.3, 0.4) is 0 Å². The van der Waals surface area contributed by atoms with Gasteiger partial charge in [0.2, 0.25) is 0 Å². The van der Waals surface area contributed by atoms with E-state index in [2.05, 4.69) is 33.5 Å². The van der Waals surface area contributed by atoms with Crippen molar-refractivity contribution in [1.82, 2.24) is 0 Å². The molecule has 0 aromatic heterocycles. The van der Waals surface area contributed by atoms with E-state index in [1.54, 1.807) is 0 Å². The van der Waals surface area contributed by atoms with Crippen LogP contribution in [0.4, 0.5) is 0 Å². The van der Waals surface area contributed by atoms with Crippen molar-refractivity contribution in [2.45, 2.75) is 45.5 Å². The quantitative estimate of drug-likeness (QED) is 0.504. The molecule has 8 heavy (non-hydrogen) atoms. The third kappa shape index (κ3) is 2.51. The molecule has 0 aromatic carbocycles. The first-order valence-electron chi connectivity index (χ1n) is 3.48. The molecule has 50 valence electrons. The Morgan fingerprint density at radius 2 is 1.62 bits per heavy atom. The van der Waals surface area contributed by atoms with E-state index in [0.717, 1.165) is 5.54 Å². The zero-order valence-electron chi connectivity index (χ0n) is 6.78. The predicted octanol–water partition coefficient (Wildman–Crippen LogP) is 3.12. The first kappa shape index (κ1) is 8.22. The van der Waals surface area contributed by atoms with Gasteiger partial charge in [0.1, 0.15) is 0 Å². The van der Waals surface area contributed by atoms with E-state index in [-0.39, 0.29) is 0 Å². The van der Waals surface area contributed by atoms with Crippen LogP contribution >= 0.6 is 0 Å². The van der Waals surface area contributed by atoms with Crippen molar-refractivity contribution in [2.75, 3.05) is 0 Å². The zero-order valence-corrected chi connectivity index (χ0v) is 7.78. The fourth-order valence-corrected chi connectivity index (χ4v) is 1.84. The molecular formula is C7H18Si. The number of hydrogen-bond acceptors (Lipinski definition) is 0. The highest BCUT2D eigenvalue weighted by Crippen LogP contribution is 2.23. The van der Waals surface area contributed by atoms with Gasteiger partial charge in [-0.05, 0) is 5.54 Å². The van der Waals surface area contributed by atoms with Crippen LogP contribution in [0.1, 0.15) is 20.3 Å². The summed E-state index contributed by atoms with van der Waals surface area (Å²) < 4.78 is 0. The Bertz CT molecular complexity index is 61.3. The molecule has 0 spiro atoms. The lowest BCUT2D eigenvalue weighted by Crippen LogP contribution is -2.25. The molecule has 0 N–H and O–H groups in total. The smallest absolute Gasteiger partial charge is 0.0470 e. The van der Waals surface area contributed by atoms with Crippen LogP contribution in [-0.4, -0.2) is 8.07 Å². The highest BCUT2D eigenvalue weighted by molar-refractivity contribution is 6.77. The van der Waals surface area contributed by atoms with E-state index in [9.17, 15) is 0 Å². The summed E-state index contributed by atoms with van der Waals surface area (Å²) in [5.74, 6) is 0. The van der Waals surface area contributed by atoms with Crippen molar-refractivity contribution in [3.63, 3.8) is 0 Å². The van der Waals surface area contributed by atoms with E-state index in [1.807, 2.05) is 0 Å². The summed E-state index contributed by atoms with van der Waals surface area (Å²) in [6, 6.07) is 0. The fourth-order valence-electron chi connectivity index (χ4n) is 0.612. The van der Waals surface area contributed by atoms with Crippen LogP contribution in [0.5, 0.6) is 0 Å². The summed E-state index contributed by atoms with van der Waals surface area (Å²) in [4.78, 5) is 0. The molecular weight excluding hydrogens is 112 g/mol.